The van der Waals surface area contributed by atoms with E-state index in [0.29, 0.717) is 12.8 Å². The quantitative estimate of drug-likeness (QED) is 0.509. The molecule has 1 unspecified atom stereocenters. The summed E-state index contributed by atoms with van der Waals surface area (Å²) in [6, 6.07) is 10.1. The Hall–Kier alpha value is -1.65. The highest BCUT2D eigenvalue weighted by Gasteiger charge is 2.40. The van der Waals surface area contributed by atoms with Crippen LogP contribution in [0.1, 0.15) is 37.7 Å². The molecule has 4 atom stereocenters. The number of aliphatic hydroxyl groups excluding tert-OH is 2. The van der Waals surface area contributed by atoms with Gasteiger partial charge in [-0.3, -0.25) is 4.79 Å². The zero-order chi connectivity index (χ0) is 16.7. The van der Waals surface area contributed by atoms with Gasteiger partial charge in [-0.05, 0) is 49.5 Å². The molecule has 0 spiro atoms. The van der Waals surface area contributed by atoms with Crippen LogP contribution in [0.25, 0.3) is 0 Å². The minimum Gasteiger partial charge on any atom is -0.481 e. The van der Waals surface area contributed by atoms with Crippen LogP contribution in [0, 0.1) is 11.8 Å². The Bertz CT molecular complexity index is 511. The van der Waals surface area contributed by atoms with E-state index in [4.69, 9.17) is 5.11 Å². The number of hydrogen-bond acceptors (Lipinski definition) is 3. The molecule has 1 saturated carbocycles. The molecule has 3 N–H and O–H groups in total. The molecule has 1 fully saturated rings. The van der Waals surface area contributed by atoms with Crippen molar-refractivity contribution in [3.05, 3.63) is 48.0 Å². The number of hydrogen-bond donors (Lipinski definition) is 3. The number of benzene rings is 1. The number of carbonyl (C=O) groups is 1. The SMILES string of the molecule is O=C(O)CCC/C=C\CC1[C@@H](Cc2ccccc2)[C@H](O)C[C@@H]1O. The zero-order valence-corrected chi connectivity index (χ0v) is 13.3. The molecule has 1 aromatic carbocycles. The van der Waals surface area contributed by atoms with Crippen molar-refractivity contribution < 1.29 is 20.1 Å². The second-order valence-electron chi connectivity index (χ2n) is 6.38. The second kappa shape index (κ2) is 8.85. The molecule has 23 heavy (non-hydrogen) atoms. The normalized spacial score (nSPS) is 27.6. The average Bonchev–Trinajstić information content (AvgIpc) is 2.78. The lowest BCUT2D eigenvalue weighted by Crippen LogP contribution is -2.23. The summed E-state index contributed by atoms with van der Waals surface area (Å²) in [4.78, 5) is 10.5. The van der Waals surface area contributed by atoms with Gasteiger partial charge in [-0.1, -0.05) is 42.5 Å². The number of carboxylic acids is 1. The molecule has 0 heterocycles. The fourth-order valence-corrected chi connectivity index (χ4v) is 3.42. The summed E-state index contributed by atoms with van der Waals surface area (Å²) in [5.41, 5.74) is 1.18. The van der Waals surface area contributed by atoms with Gasteiger partial charge in [0.05, 0.1) is 12.2 Å². The highest BCUT2D eigenvalue weighted by Crippen LogP contribution is 2.37. The predicted octanol–water partition coefficient (Wildman–Crippen LogP) is 2.79. The number of unbranched alkanes of at least 4 members (excludes halogenated alkanes) is 1. The topological polar surface area (TPSA) is 77.8 Å². The van der Waals surface area contributed by atoms with E-state index in [0.717, 1.165) is 19.3 Å². The van der Waals surface area contributed by atoms with Crippen LogP contribution in [0.4, 0.5) is 0 Å². The first-order chi connectivity index (χ1) is 11.1. The van der Waals surface area contributed by atoms with Gasteiger partial charge in [-0.2, -0.15) is 0 Å². The van der Waals surface area contributed by atoms with Crippen molar-refractivity contribution in [3.8, 4) is 0 Å². The van der Waals surface area contributed by atoms with Gasteiger partial charge in [0.1, 0.15) is 0 Å². The van der Waals surface area contributed by atoms with E-state index in [1.807, 2.05) is 30.4 Å². The van der Waals surface area contributed by atoms with Crippen LogP contribution < -0.4 is 0 Å². The Morgan fingerprint density at radius 3 is 2.48 bits per heavy atom. The van der Waals surface area contributed by atoms with Gasteiger partial charge in [0.25, 0.3) is 0 Å². The van der Waals surface area contributed by atoms with Crippen LogP contribution >= 0.6 is 0 Å². The molecule has 1 aliphatic rings. The predicted molar refractivity (Wildman–Crippen MR) is 89.0 cm³/mol. The van der Waals surface area contributed by atoms with Crippen molar-refractivity contribution in [3.63, 3.8) is 0 Å². The van der Waals surface area contributed by atoms with Gasteiger partial charge in [0.2, 0.25) is 0 Å². The van der Waals surface area contributed by atoms with Crippen molar-refractivity contribution in [2.45, 2.75) is 50.7 Å². The highest BCUT2D eigenvalue weighted by atomic mass is 16.4. The van der Waals surface area contributed by atoms with E-state index in [9.17, 15) is 15.0 Å². The van der Waals surface area contributed by atoms with Crippen LogP contribution in [0.5, 0.6) is 0 Å². The molecule has 4 nitrogen and oxygen atoms in total. The minimum absolute atomic E-state index is 0.0564. The number of rotatable bonds is 8. The zero-order valence-electron chi connectivity index (χ0n) is 13.3. The minimum atomic E-state index is -0.768. The van der Waals surface area contributed by atoms with E-state index in [2.05, 4.69) is 12.1 Å². The Balaban J connectivity index is 1.87. The third kappa shape index (κ3) is 5.48. The summed E-state index contributed by atoms with van der Waals surface area (Å²) in [5.74, 6) is -0.646. The fourth-order valence-electron chi connectivity index (χ4n) is 3.42. The van der Waals surface area contributed by atoms with E-state index < -0.39 is 18.2 Å². The molecule has 0 saturated heterocycles. The van der Waals surface area contributed by atoms with Crippen LogP contribution in [0.3, 0.4) is 0 Å². The number of aliphatic carboxylic acids is 1. The molecule has 2 rings (SSSR count). The molecular formula is C19H26O4. The number of carboxylic acid groups (broad SMARTS) is 1. The van der Waals surface area contributed by atoms with Crippen LogP contribution in [-0.2, 0) is 11.2 Å². The van der Waals surface area contributed by atoms with E-state index in [1.165, 1.54) is 5.56 Å². The lowest BCUT2D eigenvalue weighted by atomic mass is 9.85. The van der Waals surface area contributed by atoms with Crippen molar-refractivity contribution >= 4 is 5.97 Å². The third-order valence-corrected chi connectivity index (χ3v) is 4.67. The Morgan fingerprint density at radius 2 is 1.78 bits per heavy atom. The van der Waals surface area contributed by atoms with Crippen molar-refractivity contribution in [2.75, 3.05) is 0 Å². The van der Waals surface area contributed by atoms with E-state index in [1.54, 1.807) is 0 Å². The summed E-state index contributed by atoms with van der Waals surface area (Å²) in [5, 5.41) is 29.1. The molecule has 126 valence electrons. The lowest BCUT2D eigenvalue weighted by Gasteiger charge is -2.22. The summed E-state index contributed by atoms with van der Waals surface area (Å²) in [7, 11) is 0. The molecule has 0 amide bonds. The summed E-state index contributed by atoms with van der Waals surface area (Å²) in [6.45, 7) is 0. The van der Waals surface area contributed by atoms with Gasteiger partial charge in [-0.25, -0.2) is 0 Å². The summed E-state index contributed by atoms with van der Waals surface area (Å²) < 4.78 is 0. The molecule has 0 aliphatic heterocycles. The standard InChI is InChI=1S/C19H26O4/c20-17-13-18(21)16(12-14-8-4-3-5-9-14)15(17)10-6-1-2-7-11-19(22)23/h1,3-6,8-9,15-18,20-21H,2,7,10-13H2,(H,22,23)/b6-1-/t15?,16-,17+,18-/m1/s1. The molecule has 4 heteroatoms. The number of aliphatic hydroxyl groups is 2. The van der Waals surface area contributed by atoms with Gasteiger partial charge >= 0.3 is 5.97 Å². The summed E-state index contributed by atoms with van der Waals surface area (Å²) >= 11 is 0. The lowest BCUT2D eigenvalue weighted by molar-refractivity contribution is -0.137. The first-order valence-corrected chi connectivity index (χ1v) is 8.34. The Morgan fingerprint density at radius 1 is 1.09 bits per heavy atom. The largest absolute Gasteiger partial charge is 0.481 e. The first-order valence-electron chi connectivity index (χ1n) is 8.34. The van der Waals surface area contributed by atoms with Gasteiger partial charge in [0, 0.05) is 6.42 Å². The fraction of sp³-hybridized carbons (Fsp3) is 0.526. The van der Waals surface area contributed by atoms with Gasteiger partial charge in [0.15, 0.2) is 0 Å². The van der Waals surface area contributed by atoms with E-state index in [-0.39, 0.29) is 18.3 Å². The van der Waals surface area contributed by atoms with E-state index >= 15 is 0 Å². The molecule has 0 aromatic heterocycles. The highest BCUT2D eigenvalue weighted by molar-refractivity contribution is 5.66. The maximum atomic E-state index is 10.5. The average molecular weight is 318 g/mol. The molecule has 0 bridgehead atoms. The monoisotopic (exact) mass is 318 g/mol. The van der Waals surface area contributed by atoms with Crippen molar-refractivity contribution in [1.29, 1.82) is 0 Å². The molecule has 1 aliphatic carbocycles. The van der Waals surface area contributed by atoms with Crippen LogP contribution in [-0.4, -0.2) is 33.5 Å². The maximum absolute atomic E-state index is 10.5. The molecule has 0 radical (unpaired) electrons. The van der Waals surface area contributed by atoms with Crippen LogP contribution in [0.15, 0.2) is 42.5 Å². The van der Waals surface area contributed by atoms with Gasteiger partial charge < -0.3 is 15.3 Å². The Labute approximate surface area is 137 Å². The smallest absolute Gasteiger partial charge is 0.303 e. The third-order valence-electron chi connectivity index (χ3n) is 4.67. The second-order valence-corrected chi connectivity index (χ2v) is 6.38. The van der Waals surface area contributed by atoms with Crippen LogP contribution in [0.2, 0.25) is 0 Å². The van der Waals surface area contributed by atoms with Crippen molar-refractivity contribution in [1.82, 2.24) is 0 Å². The molecule has 1 aromatic rings. The van der Waals surface area contributed by atoms with Crippen molar-refractivity contribution in [2.24, 2.45) is 11.8 Å². The summed E-state index contributed by atoms with van der Waals surface area (Å²) in [6.07, 6.45) is 6.57. The maximum Gasteiger partial charge on any atom is 0.303 e. The molecular weight excluding hydrogens is 292 g/mol. The van der Waals surface area contributed by atoms with Gasteiger partial charge in [-0.15, -0.1) is 0 Å². The number of allylic oxidation sites excluding steroid dienone is 2. The first kappa shape index (κ1) is 17.7. The Kier molecular flexibility index (Phi) is 6.81.